The van der Waals surface area contributed by atoms with Gasteiger partial charge in [0.15, 0.2) is 0 Å². The van der Waals surface area contributed by atoms with Crippen molar-refractivity contribution >= 4 is 16.8 Å². The molecule has 0 radical (unpaired) electrons. The van der Waals surface area contributed by atoms with Crippen LogP contribution in [0.15, 0.2) is 36.7 Å². The van der Waals surface area contributed by atoms with Crippen molar-refractivity contribution in [3.63, 3.8) is 0 Å². The number of hydrogen-bond acceptors (Lipinski definition) is 5. The standard InChI is InChI=1S/C24H29F2N5O2/c1-3-30-8-4-5-19(30)12-27-11-17-15-31(14-16-6-7-18(25)9-21(16)26)23-13-28-22(10-20(17)23)24(32)29-33-2/h6-7,9-10,13,15,19,27H,3-5,8,11-12,14H2,1-2H3,(H,29,32). The Balaban J connectivity index is 1.61. The minimum absolute atomic E-state index is 0.222. The molecular formula is C24H29F2N5O2. The van der Waals surface area contributed by atoms with Crippen molar-refractivity contribution in [2.24, 2.45) is 0 Å². The van der Waals surface area contributed by atoms with Gasteiger partial charge in [0, 0.05) is 42.3 Å². The normalized spacial score (nSPS) is 16.5. The molecule has 1 unspecified atom stereocenters. The number of hydroxylamine groups is 1. The first-order chi connectivity index (χ1) is 16.0. The second kappa shape index (κ2) is 10.4. The number of amides is 1. The van der Waals surface area contributed by atoms with Crippen molar-refractivity contribution < 1.29 is 18.4 Å². The summed E-state index contributed by atoms with van der Waals surface area (Å²) in [4.78, 5) is 23.7. The van der Waals surface area contributed by atoms with E-state index >= 15 is 0 Å². The van der Waals surface area contributed by atoms with Crippen LogP contribution in [0.2, 0.25) is 0 Å². The van der Waals surface area contributed by atoms with Crippen LogP contribution in [0, 0.1) is 11.6 Å². The fraction of sp³-hybridized carbons (Fsp3) is 0.417. The topological polar surface area (TPSA) is 71.4 Å². The Kier molecular flexibility index (Phi) is 7.32. The van der Waals surface area contributed by atoms with Crippen LogP contribution in [-0.2, 0) is 17.9 Å². The third-order valence-corrected chi connectivity index (χ3v) is 6.23. The van der Waals surface area contributed by atoms with Crippen LogP contribution in [-0.4, -0.2) is 53.1 Å². The van der Waals surface area contributed by atoms with E-state index < -0.39 is 17.5 Å². The number of nitrogens with zero attached hydrogens (tertiary/aromatic N) is 3. The molecule has 0 aliphatic carbocycles. The van der Waals surface area contributed by atoms with Crippen molar-refractivity contribution in [1.82, 2.24) is 25.2 Å². The van der Waals surface area contributed by atoms with E-state index in [0.717, 1.165) is 42.2 Å². The van der Waals surface area contributed by atoms with Crippen LogP contribution in [0.1, 0.15) is 41.4 Å². The summed E-state index contributed by atoms with van der Waals surface area (Å²) < 4.78 is 29.5. The highest BCUT2D eigenvalue weighted by Gasteiger charge is 2.22. The third kappa shape index (κ3) is 5.21. The summed E-state index contributed by atoms with van der Waals surface area (Å²) in [7, 11) is 1.36. The van der Waals surface area contributed by atoms with Crippen molar-refractivity contribution in [3.05, 3.63) is 65.1 Å². The number of likely N-dealkylation sites (tertiary alicyclic amines) is 1. The van der Waals surface area contributed by atoms with Crippen LogP contribution in [0.5, 0.6) is 0 Å². The number of hydrogen-bond donors (Lipinski definition) is 2. The molecule has 7 nitrogen and oxygen atoms in total. The second-order valence-electron chi connectivity index (χ2n) is 8.30. The Labute approximate surface area is 191 Å². The lowest BCUT2D eigenvalue weighted by atomic mass is 10.1. The fourth-order valence-corrected chi connectivity index (χ4v) is 4.55. The Hall–Kier alpha value is -2.88. The lowest BCUT2D eigenvalue weighted by Gasteiger charge is -2.22. The van der Waals surface area contributed by atoms with Gasteiger partial charge in [0.1, 0.15) is 17.3 Å². The lowest BCUT2D eigenvalue weighted by Crippen LogP contribution is -2.37. The van der Waals surface area contributed by atoms with E-state index in [9.17, 15) is 13.6 Å². The maximum Gasteiger partial charge on any atom is 0.293 e. The monoisotopic (exact) mass is 457 g/mol. The van der Waals surface area contributed by atoms with Gasteiger partial charge in [0.25, 0.3) is 5.91 Å². The number of fused-ring (bicyclic) bond motifs is 1. The van der Waals surface area contributed by atoms with Gasteiger partial charge in [0.05, 0.1) is 25.4 Å². The summed E-state index contributed by atoms with van der Waals surface area (Å²) in [6, 6.07) is 5.81. The van der Waals surface area contributed by atoms with Gasteiger partial charge in [-0.05, 0) is 43.6 Å². The third-order valence-electron chi connectivity index (χ3n) is 6.23. The average molecular weight is 458 g/mol. The maximum atomic E-state index is 14.3. The summed E-state index contributed by atoms with van der Waals surface area (Å²) in [6.07, 6.45) is 5.93. The molecule has 33 heavy (non-hydrogen) atoms. The Bertz CT molecular complexity index is 1130. The highest BCUT2D eigenvalue weighted by Crippen LogP contribution is 2.24. The largest absolute Gasteiger partial charge is 0.341 e. The van der Waals surface area contributed by atoms with Crippen LogP contribution < -0.4 is 10.8 Å². The van der Waals surface area contributed by atoms with Crippen LogP contribution in [0.4, 0.5) is 8.78 Å². The number of carbonyl (C=O) groups excluding carboxylic acids is 1. The van der Waals surface area contributed by atoms with Crippen LogP contribution in [0.25, 0.3) is 10.9 Å². The Morgan fingerprint density at radius 2 is 2.12 bits per heavy atom. The predicted octanol–water partition coefficient (Wildman–Crippen LogP) is 3.23. The van der Waals surface area contributed by atoms with Crippen LogP contribution >= 0.6 is 0 Å². The molecule has 2 N–H and O–H groups in total. The predicted molar refractivity (Wildman–Crippen MR) is 122 cm³/mol. The Morgan fingerprint density at radius 3 is 2.88 bits per heavy atom. The number of carbonyl (C=O) groups is 1. The first-order valence-electron chi connectivity index (χ1n) is 11.2. The zero-order valence-corrected chi connectivity index (χ0v) is 18.9. The fourth-order valence-electron chi connectivity index (χ4n) is 4.55. The molecule has 2 aromatic heterocycles. The first kappa shape index (κ1) is 23.3. The van der Waals surface area contributed by atoms with E-state index in [-0.39, 0.29) is 12.2 Å². The number of pyridine rings is 1. The molecule has 0 saturated carbocycles. The highest BCUT2D eigenvalue weighted by atomic mass is 19.1. The molecule has 4 rings (SSSR count). The first-order valence-corrected chi connectivity index (χ1v) is 11.2. The summed E-state index contributed by atoms with van der Waals surface area (Å²) in [5.74, 6) is -1.65. The molecule has 1 saturated heterocycles. The molecule has 1 fully saturated rings. The summed E-state index contributed by atoms with van der Waals surface area (Å²) in [5.41, 5.74) is 4.62. The molecule has 0 spiro atoms. The van der Waals surface area contributed by atoms with E-state index in [1.54, 1.807) is 12.3 Å². The van der Waals surface area contributed by atoms with Crippen molar-refractivity contribution in [2.75, 3.05) is 26.7 Å². The molecule has 0 bridgehead atoms. The van der Waals surface area contributed by atoms with Crippen LogP contribution in [0.3, 0.4) is 0 Å². The molecule has 1 aromatic carbocycles. The lowest BCUT2D eigenvalue weighted by molar-refractivity contribution is 0.0532. The smallest absolute Gasteiger partial charge is 0.293 e. The maximum absolute atomic E-state index is 14.3. The molecule has 9 heteroatoms. The van der Waals surface area contributed by atoms with Gasteiger partial charge >= 0.3 is 0 Å². The number of benzene rings is 1. The number of nitrogens with one attached hydrogen (secondary N) is 2. The minimum atomic E-state index is -0.609. The minimum Gasteiger partial charge on any atom is -0.341 e. The number of aromatic nitrogens is 2. The number of rotatable bonds is 9. The SMILES string of the molecule is CCN1CCCC1CNCc1cn(Cc2ccc(F)cc2F)c2cnc(C(=O)NOC)cc12. The Morgan fingerprint density at radius 1 is 1.27 bits per heavy atom. The second-order valence-corrected chi connectivity index (χ2v) is 8.30. The van der Waals surface area contributed by atoms with E-state index in [2.05, 4.69) is 27.6 Å². The molecule has 3 aromatic rings. The summed E-state index contributed by atoms with van der Waals surface area (Å²) in [6.45, 7) is 6.04. The van der Waals surface area contributed by atoms with Gasteiger partial charge in [-0.2, -0.15) is 0 Å². The van der Waals surface area contributed by atoms with Gasteiger partial charge in [-0.1, -0.05) is 13.0 Å². The zero-order chi connectivity index (χ0) is 23.4. The van der Waals surface area contributed by atoms with Crippen molar-refractivity contribution in [2.45, 2.75) is 38.9 Å². The van der Waals surface area contributed by atoms with E-state index in [1.165, 1.54) is 32.1 Å². The molecule has 1 aliphatic rings. The molecule has 176 valence electrons. The summed E-state index contributed by atoms with van der Waals surface area (Å²) in [5, 5.41) is 4.39. The van der Waals surface area contributed by atoms with E-state index in [0.29, 0.717) is 18.2 Å². The molecule has 1 amide bonds. The molecule has 1 aliphatic heterocycles. The van der Waals surface area contributed by atoms with E-state index in [4.69, 9.17) is 4.84 Å². The molecular weight excluding hydrogens is 428 g/mol. The van der Waals surface area contributed by atoms with Gasteiger partial charge in [0.2, 0.25) is 0 Å². The van der Waals surface area contributed by atoms with Gasteiger partial charge in [-0.15, -0.1) is 0 Å². The molecule has 3 heterocycles. The van der Waals surface area contributed by atoms with Gasteiger partial charge in [-0.3, -0.25) is 14.5 Å². The van der Waals surface area contributed by atoms with E-state index in [1.807, 2.05) is 10.8 Å². The highest BCUT2D eigenvalue weighted by molar-refractivity contribution is 5.96. The number of halogens is 2. The van der Waals surface area contributed by atoms with Crippen molar-refractivity contribution in [1.29, 1.82) is 0 Å². The number of likely N-dealkylation sites (N-methyl/N-ethyl adjacent to an activating group) is 1. The van der Waals surface area contributed by atoms with Gasteiger partial charge in [-0.25, -0.2) is 19.2 Å². The van der Waals surface area contributed by atoms with Crippen molar-refractivity contribution in [3.8, 4) is 0 Å². The van der Waals surface area contributed by atoms with Gasteiger partial charge < -0.3 is 9.88 Å². The molecule has 1 atom stereocenters. The summed E-state index contributed by atoms with van der Waals surface area (Å²) >= 11 is 0. The average Bonchev–Trinajstić information content (AvgIpc) is 3.40. The quantitative estimate of drug-likeness (QED) is 0.483. The zero-order valence-electron chi connectivity index (χ0n) is 18.9.